The number of hydrogen-bond acceptors (Lipinski definition) is 4. The molecule has 6 heteroatoms. The maximum atomic E-state index is 12.9. The molecule has 0 fully saturated rings. The number of carbonyl (C=O) groups is 1. The minimum absolute atomic E-state index is 0.143. The highest BCUT2D eigenvalue weighted by molar-refractivity contribution is 5.98. The molecule has 0 aliphatic heterocycles. The second kappa shape index (κ2) is 7.17. The van der Waals surface area contributed by atoms with Gasteiger partial charge in [0, 0.05) is 24.7 Å². The van der Waals surface area contributed by atoms with Crippen LogP contribution in [0.25, 0.3) is 5.69 Å². The van der Waals surface area contributed by atoms with Crippen molar-refractivity contribution in [3.05, 3.63) is 71.9 Å². The van der Waals surface area contributed by atoms with Crippen molar-refractivity contribution in [2.75, 3.05) is 7.11 Å². The molecule has 1 N–H and O–H groups in total. The smallest absolute Gasteiger partial charge is 0.253 e. The molecule has 0 aliphatic rings. The summed E-state index contributed by atoms with van der Waals surface area (Å²) < 4.78 is 6.97. The molecule has 0 aliphatic carbocycles. The van der Waals surface area contributed by atoms with E-state index in [2.05, 4.69) is 15.3 Å². The van der Waals surface area contributed by atoms with Crippen molar-refractivity contribution in [3.8, 4) is 11.6 Å². The number of ether oxygens (including phenoxy) is 1. The molecular formula is C19H20N4O2. The largest absolute Gasteiger partial charge is 0.481 e. The molecule has 0 saturated carbocycles. The standard InChI is InChI=1S/C19H20N4O2/c1-13-4-5-17(23-9-8-20-12-23)16(10-13)19(24)22-14(2)15-6-7-21-18(11-15)25-3/h4-12,14H,1-3H3,(H,22,24). The number of pyridine rings is 1. The van der Waals surface area contributed by atoms with Crippen LogP contribution in [0.5, 0.6) is 5.88 Å². The van der Waals surface area contributed by atoms with Crippen LogP contribution in [0.4, 0.5) is 0 Å². The number of aromatic nitrogens is 3. The summed E-state index contributed by atoms with van der Waals surface area (Å²) in [5.41, 5.74) is 3.34. The fraction of sp³-hybridized carbons (Fsp3) is 0.211. The third-order valence-corrected chi connectivity index (χ3v) is 3.99. The number of nitrogens with one attached hydrogen (secondary N) is 1. The zero-order valence-electron chi connectivity index (χ0n) is 14.4. The number of benzene rings is 1. The van der Waals surface area contributed by atoms with Crippen molar-refractivity contribution < 1.29 is 9.53 Å². The van der Waals surface area contributed by atoms with Crippen LogP contribution in [0.2, 0.25) is 0 Å². The van der Waals surface area contributed by atoms with E-state index in [1.54, 1.807) is 25.8 Å². The second-order valence-corrected chi connectivity index (χ2v) is 5.82. The molecule has 1 amide bonds. The molecule has 2 heterocycles. The molecule has 0 radical (unpaired) electrons. The molecule has 25 heavy (non-hydrogen) atoms. The summed E-state index contributed by atoms with van der Waals surface area (Å²) in [6, 6.07) is 9.28. The minimum Gasteiger partial charge on any atom is -0.481 e. The Bertz CT molecular complexity index is 875. The number of carbonyl (C=O) groups excluding carboxylic acids is 1. The average molecular weight is 336 g/mol. The Kier molecular flexibility index (Phi) is 4.79. The van der Waals surface area contributed by atoms with Crippen LogP contribution in [-0.4, -0.2) is 27.6 Å². The molecule has 0 saturated heterocycles. The summed E-state index contributed by atoms with van der Waals surface area (Å²) in [6.07, 6.45) is 6.85. The van der Waals surface area contributed by atoms with Gasteiger partial charge in [-0.3, -0.25) is 4.79 Å². The van der Waals surface area contributed by atoms with E-state index in [1.165, 1.54) is 0 Å². The Morgan fingerprint density at radius 2 is 2.08 bits per heavy atom. The van der Waals surface area contributed by atoms with E-state index in [0.717, 1.165) is 16.8 Å². The summed E-state index contributed by atoms with van der Waals surface area (Å²) in [5.74, 6) is 0.379. The number of nitrogens with zero attached hydrogens (tertiary/aromatic N) is 3. The molecule has 3 rings (SSSR count). The molecule has 1 unspecified atom stereocenters. The van der Waals surface area contributed by atoms with Crippen LogP contribution in [0.3, 0.4) is 0 Å². The van der Waals surface area contributed by atoms with Gasteiger partial charge in [0.2, 0.25) is 5.88 Å². The molecule has 128 valence electrons. The molecule has 1 atom stereocenters. The van der Waals surface area contributed by atoms with Crippen LogP contribution in [0.1, 0.15) is 34.5 Å². The summed E-state index contributed by atoms with van der Waals surface area (Å²) in [7, 11) is 1.57. The SMILES string of the molecule is COc1cc(C(C)NC(=O)c2cc(C)ccc2-n2ccnc2)ccn1. The summed E-state index contributed by atoms with van der Waals surface area (Å²) in [6.45, 7) is 3.89. The predicted octanol–water partition coefficient (Wildman–Crippen LogP) is 3.08. The van der Waals surface area contributed by atoms with Gasteiger partial charge in [-0.1, -0.05) is 11.6 Å². The van der Waals surface area contributed by atoms with Crippen molar-refractivity contribution in [2.45, 2.75) is 19.9 Å². The zero-order chi connectivity index (χ0) is 17.8. The van der Waals surface area contributed by atoms with Crippen molar-refractivity contribution in [2.24, 2.45) is 0 Å². The Balaban J connectivity index is 1.87. The third kappa shape index (κ3) is 3.68. The molecule has 3 aromatic rings. The van der Waals surface area contributed by atoms with Crippen molar-refractivity contribution in [3.63, 3.8) is 0 Å². The predicted molar refractivity (Wildman–Crippen MR) is 95.0 cm³/mol. The number of hydrogen-bond donors (Lipinski definition) is 1. The van der Waals surface area contributed by atoms with Gasteiger partial charge in [-0.25, -0.2) is 9.97 Å². The van der Waals surface area contributed by atoms with Gasteiger partial charge in [-0.05, 0) is 37.6 Å². The van der Waals surface area contributed by atoms with Gasteiger partial charge in [0.05, 0.1) is 30.7 Å². The van der Waals surface area contributed by atoms with E-state index < -0.39 is 0 Å². The van der Waals surface area contributed by atoms with Crippen LogP contribution in [-0.2, 0) is 0 Å². The molecule has 1 aromatic carbocycles. The number of rotatable bonds is 5. The Labute approximate surface area is 146 Å². The number of aryl methyl sites for hydroxylation is 1. The first-order valence-corrected chi connectivity index (χ1v) is 7.98. The monoisotopic (exact) mass is 336 g/mol. The summed E-state index contributed by atoms with van der Waals surface area (Å²) in [4.78, 5) is 21.0. The molecule has 6 nitrogen and oxygen atoms in total. The lowest BCUT2D eigenvalue weighted by molar-refractivity contribution is 0.0939. The molecule has 0 bridgehead atoms. The lowest BCUT2D eigenvalue weighted by atomic mass is 10.1. The van der Waals surface area contributed by atoms with Crippen molar-refractivity contribution in [1.29, 1.82) is 0 Å². The number of methoxy groups -OCH3 is 1. The normalized spacial score (nSPS) is 11.8. The number of amides is 1. The van der Waals surface area contributed by atoms with Gasteiger partial charge in [-0.2, -0.15) is 0 Å². The molecule has 2 aromatic heterocycles. The Morgan fingerprint density at radius 1 is 1.24 bits per heavy atom. The summed E-state index contributed by atoms with van der Waals surface area (Å²) in [5, 5.41) is 3.04. The first-order chi connectivity index (χ1) is 12.1. The fourth-order valence-corrected chi connectivity index (χ4v) is 2.62. The summed E-state index contributed by atoms with van der Waals surface area (Å²) >= 11 is 0. The van der Waals surface area contributed by atoms with E-state index in [4.69, 9.17) is 4.74 Å². The van der Waals surface area contributed by atoms with Crippen molar-refractivity contribution >= 4 is 5.91 Å². The van der Waals surface area contributed by atoms with Gasteiger partial charge >= 0.3 is 0 Å². The maximum Gasteiger partial charge on any atom is 0.253 e. The highest BCUT2D eigenvalue weighted by Gasteiger charge is 2.16. The van der Waals surface area contributed by atoms with Crippen LogP contribution < -0.4 is 10.1 Å². The van der Waals surface area contributed by atoms with Gasteiger partial charge in [0.25, 0.3) is 5.91 Å². The second-order valence-electron chi connectivity index (χ2n) is 5.82. The van der Waals surface area contributed by atoms with Crippen LogP contribution >= 0.6 is 0 Å². The minimum atomic E-state index is -0.180. The Hall–Kier alpha value is -3.15. The highest BCUT2D eigenvalue weighted by atomic mass is 16.5. The zero-order valence-corrected chi connectivity index (χ0v) is 14.4. The highest BCUT2D eigenvalue weighted by Crippen LogP contribution is 2.20. The van der Waals surface area contributed by atoms with Gasteiger partial charge in [-0.15, -0.1) is 0 Å². The number of imidazole rings is 1. The first-order valence-electron chi connectivity index (χ1n) is 7.98. The van der Waals surface area contributed by atoms with E-state index >= 15 is 0 Å². The van der Waals surface area contributed by atoms with E-state index in [-0.39, 0.29) is 11.9 Å². The topological polar surface area (TPSA) is 69.0 Å². The first kappa shape index (κ1) is 16.7. The quantitative estimate of drug-likeness (QED) is 0.777. The van der Waals surface area contributed by atoms with E-state index in [1.807, 2.05) is 54.9 Å². The van der Waals surface area contributed by atoms with Crippen LogP contribution in [0, 0.1) is 6.92 Å². The van der Waals surface area contributed by atoms with Gasteiger partial charge in [0.15, 0.2) is 0 Å². The lowest BCUT2D eigenvalue weighted by Crippen LogP contribution is -2.27. The van der Waals surface area contributed by atoms with Crippen LogP contribution in [0.15, 0.2) is 55.2 Å². The molecular weight excluding hydrogens is 316 g/mol. The Morgan fingerprint density at radius 3 is 2.80 bits per heavy atom. The van der Waals surface area contributed by atoms with Gasteiger partial charge < -0.3 is 14.6 Å². The van der Waals surface area contributed by atoms with Crippen molar-refractivity contribution in [1.82, 2.24) is 19.9 Å². The lowest BCUT2D eigenvalue weighted by Gasteiger charge is -2.17. The fourth-order valence-electron chi connectivity index (χ4n) is 2.62. The van der Waals surface area contributed by atoms with Gasteiger partial charge in [0.1, 0.15) is 0 Å². The maximum absolute atomic E-state index is 12.9. The average Bonchev–Trinajstić information content (AvgIpc) is 3.16. The third-order valence-electron chi connectivity index (χ3n) is 3.99. The van der Waals surface area contributed by atoms with E-state index in [9.17, 15) is 4.79 Å². The molecule has 0 spiro atoms. The van der Waals surface area contributed by atoms with E-state index in [0.29, 0.717) is 11.4 Å².